The predicted molar refractivity (Wildman–Crippen MR) is 101 cm³/mol. The standard InChI is InChI=1S/C19H18N4O3S/c1-12-17(13(2)26-22-12)11-25-16-5-3-14(4-6-16)18(24)20-9-15-10-23-7-8-27-19(23)21-15/h3-8,10H,9,11H2,1-2H3,(H,20,24). The molecule has 0 aliphatic heterocycles. The Bertz CT molecular complexity index is 1030. The van der Waals surface area contributed by atoms with Crippen molar-refractivity contribution in [3.63, 3.8) is 0 Å². The molecule has 1 aromatic carbocycles. The Labute approximate surface area is 159 Å². The lowest BCUT2D eigenvalue weighted by Crippen LogP contribution is -2.22. The Morgan fingerprint density at radius 3 is 2.81 bits per heavy atom. The van der Waals surface area contributed by atoms with Crippen LogP contribution in [0.3, 0.4) is 0 Å². The molecule has 138 valence electrons. The molecule has 0 fully saturated rings. The van der Waals surface area contributed by atoms with Crippen LogP contribution in [-0.2, 0) is 13.2 Å². The van der Waals surface area contributed by atoms with Crippen LogP contribution in [0, 0.1) is 13.8 Å². The van der Waals surface area contributed by atoms with Crippen molar-refractivity contribution in [1.29, 1.82) is 0 Å². The van der Waals surface area contributed by atoms with E-state index in [9.17, 15) is 4.79 Å². The van der Waals surface area contributed by atoms with Crippen molar-refractivity contribution in [2.45, 2.75) is 27.0 Å². The van der Waals surface area contributed by atoms with Crippen molar-refractivity contribution in [2.75, 3.05) is 0 Å². The number of imidazole rings is 1. The van der Waals surface area contributed by atoms with Crippen LogP contribution in [0.15, 0.2) is 46.6 Å². The van der Waals surface area contributed by atoms with E-state index in [0.29, 0.717) is 24.5 Å². The fourth-order valence-electron chi connectivity index (χ4n) is 2.70. The number of nitrogens with zero attached hydrogens (tertiary/aromatic N) is 3. The van der Waals surface area contributed by atoms with Crippen LogP contribution in [0.4, 0.5) is 0 Å². The fourth-order valence-corrected chi connectivity index (χ4v) is 3.42. The maximum atomic E-state index is 12.3. The number of hydrogen-bond acceptors (Lipinski definition) is 6. The molecule has 1 N–H and O–H groups in total. The van der Waals surface area contributed by atoms with Gasteiger partial charge in [0.1, 0.15) is 18.1 Å². The molecule has 27 heavy (non-hydrogen) atoms. The molecule has 0 radical (unpaired) electrons. The molecule has 0 spiro atoms. The van der Waals surface area contributed by atoms with E-state index in [0.717, 1.165) is 27.7 Å². The van der Waals surface area contributed by atoms with Gasteiger partial charge < -0.3 is 14.6 Å². The van der Waals surface area contributed by atoms with E-state index in [1.807, 2.05) is 36.0 Å². The number of hydrogen-bond donors (Lipinski definition) is 1. The number of thiazole rings is 1. The minimum Gasteiger partial charge on any atom is -0.489 e. The molecule has 3 aromatic heterocycles. The smallest absolute Gasteiger partial charge is 0.251 e. The number of ether oxygens (including phenoxy) is 1. The van der Waals surface area contributed by atoms with Gasteiger partial charge in [-0.25, -0.2) is 4.98 Å². The van der Waals surface area contributed by atoms with Crippen LogP contribution >= 0.6 is 11.3 Å². The normalized spacial score (nSPS) is 11.0. The number of aromatic nitrogens is 3. The van der Waals surface area contributed by atoms with Gasteiger partial charge in [0.05, 0.1) is 23.5 Å². The quantitative estimate of drug-likeness (QED) is 0.552. The summed E-state index contributed by atoms with van der Waals surface area (Å²) >= 11 is 1.56. The summed E-state index contributed by atoms with van der Waals surface area (Å²) in [6, 6.07) is 7.03. The van der Waals surface area contributed by atoms with E-state index in [-0.39, 0.29) is 5.91 Å². The van der Waals surface area contributed by atoms with Crippen LogP contribution in [0.2, 0.25) is 0 Å². The zero-order valence-electron chi connectivity index (χ0n) is 14.9. The Balaban J connectivity index is 1.33. The van der Waals surface area contributed by atoms with Crippen molar-refractivity contribution in [3.8, 4) is 5.75 Å². The zero-order chi connectivity index (χ0) is 18.8. The summed E-state index contributed by atoms with van der Waals surface area (Å²) in [5, 5.41) is 8.76. The number of amides is 1. The van der Waals surface area contributed by atoms with E-state index < -0.39 is 0 Å². The van der Waals surface area contributed by atoms with Crippen LogP contribution in [0.5, 0.6) is 5.75 Å². The molecule has 0 saturated heterocycles. The number of rotatable bonds is 6. The van der Waals surface area contributed by atoms with Crippen LogP contribution in [0.1, 0.15) is 33.1 Å². The minimum atomic E-state index is -0.149. The summed E-state index contributed by atoms with van der Waals surface area (Å²) in [6.45, 7) is 4.50. The molecule has 0 atom stereocenters. The number of nitrogens with one attached hydrogen (secondary N) is 1. The van der Waals surface area contributed by atoms with Gasteiger partial charge in [-0.15, -0.1) is 11.3 Å². The first-order valence-electron chi connectivity index (χ1n) is 8.44. The van der Waals surface area contributed by atoms with Gasteiger partial charge in [0.15, 0.2) is 4.96 Å². The second-order valence-electron chi connectivity index (χ2n) is 6.12. The second kappa shape index (κ2) is 7.24. The highest BCUT2D eigenvalue weighted by molar-refractivity contribution is 7.15. The SMILES string of the molecule is Cc1noc(C)c1COc1ccc(C(=O)NCc2cn3ccsc3n2)cc1. The van der Waals surface area contributed by atoms with Gasteiger partial charge in [-0.3, -0.25) is 9.20 Å². The first kappa shape index (κ1) is 17.3. The molecule has 4 rings (SSSR count). The number of carbonyl (C=O) groups excluding carboxylic acids is 1. The molecule has 0 aliphatic rings. The first-order chi connectivity index (χ1) is 13.1. The number of carbonyl (C=O) groups is 1. The van der Waals surface area contributed by atoms with Crippen LogP contribution in [-0.4, -0.2) is 20.4 Å². The Kier molecular flexibility index (Phi) is 4.64. The van der Waals surface area contributed by atoms with Gasteiger partial charge in [0.2, 0.25) is 0 Å². The number of aryl methyl sites for hydroxylation is 2. The third-order valence-corrected chi connectivity index (χ3v) is 5.02. The van der Waals surface area contributed by atoms with Crippen molar-refractivity contribution in [3.05, 3.63) is 70.3 Å². The van der Waals surface area contributed by atoms with Gasteiger partial charge in [-0.2, -0.15) is 0 Å². The Hall–Kier alpha value is -3.13. The topological polar surface area (TPSA) is 81.7 Å². The summed E-state index contributed by atoms with van der Waals surface area (Å²) in [5.41, 5.74) is 3.16. The largest absolute Gasteiger partial charge is 0.489 e. The van der Waals surface area contributed by atoms with Gasteiger partial charge in [0.25, 0.3) is 5.91 Å². The van der Waals surface area contributed by atoms with Gasteiger partial charge in [-0.05, 0) is 38.1 Å². The minimum absolute atomic E-state index is 0.149. The summed E-state index contributed by atoms with van der Waals surface area (Å²) in [6.07, 6.45) is 3.86. The monoisotopic (exact) mass is 382 g/mol. The third kappa shape index (κ3) is 3.70. The molecule has 8 heteroatoms. The molecule has 0 aliphatic carbocycles. The third-order valence-electron chi connectivity index (χ3n) is 4.25. The van der Waals surface area contributed by atoms with E-state index >= 15 is 0 Å². The highest BCUT2D eigenvalue weighted by atomic mass is 32.1. The second-order valence-corrected chi connectivity index (χ2v) is 7.00. The fraction of sp³-hybridized carbons (Fsp3) is 0.211. The van der Waals surface area contributed by atoms with E-state index in [4.69, 9.17) is 9.26 Å². The number of fused-ring (bicyclic) bond motifs is 1. The maximum absolute atomic E-state index is 12.3. The van der Waals surface area contributed by atoms with E-state index in [1.54, 1.807) is 35.6 Å². The average Bonchev–Trinajstić information content (AvgIpc) is 3.34. The van der Waals surface area contributed by atoms with Crippen molar-refractivity contribution < 1.29 is 14.1 Å². The Morgan fingerprint density at radius 1 is 1.30 bits per heavy atom. The van der Waals surface area contributed by atoms with E-state index in [1.165, 1.54) is 0 Å². The zero-order valence-corrected chi connectivity index (χ0v) is 15.7. The highest BCUT2D eigenvalue weighted by Crippen LogP contribution is 2.18. The van der Waals surface area contributed by atoms with Crippen LogP contribution in [0.25, 0.3) is 4.96 Å². The Morgan fingerprint density at radius 2 is 2.11 bits per heavy atom. The average molecular weight is 382 g/mol. The summed E-state index contributed by atoms with van der Waals surface area (Å²) < 4.78 is 12.8. The molecule has 7 nitrogen and oxygen atoms in total. The van der Waals surface area contributed by atoms with Gasteiger partial charge in [-0.1, -0.05) is 5.16 Å². The van der Waals surface area contributed by atoms with Crippen molar-refractivity contribution in [1.82, 2.24) is 19.9 Å². The van der Waals surface area contributed by atoms with Gasteiger partial charge >= 0.3 is 0 Å². The molecule has 0 saturated carbocycles. The van der Waals surface area contributed by atoms with Gasteiger partial charge in [0, 0.05) is 23.3 Å². The molecule has 1 amide bonds. The lowest BCUT2D eigenvalue weighted by Gasteiger charge is -2.07. The molecule has 0 unspecified atom stereocenters. The molecule has 0 bridgehead atoms. The number of benzene rings is 1. The van der Waals surface area contributed by atoms with E-state index in [2.05, 4.69) is 15.5 Å². The first-order valence-corrected chi connectivity index (χ1v) is 9.32. The molecular weight excluding hydrogens is 364 g/mol. The summed E-state index contributed by atoms with van der Waals surface area (Å²) in [4.78, 5) is 17.7. The summed E-state index contributed by atoms with van der Waals surface area (Å²) in [7, 11) is 0. The predicted octanol–water partition coefficient (Wildman–Crippen LogP) is 3.51. The lowest BCUT2D eigenvalue weighted by molar-refractivity contribution is 0.0950. The summed E-state index contributed by atoms with van der Waals surface area (Å²) in [5.74, 6) is 1.28. The van der Waals surface area contributed by atoms with Crippen LogP contribution < -0.4 is 10.1 Å². The molecular formula is C19H18N4O3S. The molecule has 4 aromatic rings. The van der Waals surface area contributed by atoms with Crippen molar-refractivity contribution >= 4 is 22.2 Å². The maximum Gasteiger partial charge on any atom is 0.251 e. The highest BCUT2D eigenvalue weighted by Gasteiger charge is 2.11. The van der Waals surface area contributed by atoms with Crippen molar-refractivity contribution in [2.24, 2.45) is 0 Å². The molecule has 3 heterocycles. The lowest BCUT2D eigenvalue weighted by atomic mass is 10.2.